The van der Waals surface area contributed by atoms with Gasteiger partial charge in [0, 0.05) is 28.8 Å². The largest absolute Gasteiger partial charge is 0.493 e. The maximum atomic E-state index is 12.5. The van der Waals surface area contributed by atoms with E-state index in [1.54, 1.807) is 18.2 Å². The summed E-state index contributed by atoms with van der Waals surface area (Å²) < 4.78 is 12.6. The Hall–Kier alpha value is -1.57. The summed E-state index contributed by atoms with van der Waals surface area (Å²) in [6.45, 7) is 5.70. The van der Waals surface area contributed by atoms with E-state index in [4.69, 9.17) is 9.47 Å². The second-order valence-electron chi connectivity index (χ2n) is 5.80. The van der Waals surface area contributed by atoms with Crippen LogP contribution in [-0.4, -0.2) is 38.8 Å². The topological polar surface area (TPSA) is 50.8 Å². The van der Waals surface area contributed by atoms with Crippen LogP contribution in [0.5, 0.6) is 5.75 Å². The maximum Gasteiger partial charge on any atom is 0.255 e. The van der Waals surface area contributed by atoms with E-state index >= 15 is 0 Å². The van der Waals surface area contributed by atoms with E-state index in [1.807, 2.05) is 25.1 Å². The second-order valence-corrected chi connectivity index (χ2v) is 7.51. The fourth-order valence-corrected chi connectivity index (χ4v) is 3.89. The van der Waals surface area contributed by atoms with Crippen molar-refractivity contribution in [1.29, 1.82) is 0 Å². The monoisotopic (exact) mass is 482 g/mol. The van der Waals surface area contributed by atoms with Gasteiger partial charge in [-0.05, 0) is 75.2 Å². The van der Waals surface area contributed by atoms with E-state index in [1.165, 1.54) is 0 Å². The highest BCUT2D eigenvalue weighted by molar-refractivity contribution is 9.11. The summed E-state index contributed by atoms with van der Waals surface area (Å²) in [6.07, 6.45) is 0. The number of anilines is 2. The quantitative estimate of drug-likeness (QED) is 0.669. The van der Waals surface area contributed by atoms with Gasteiger partial charge in [-0.2, -0.15) is 0 Å². The van der Waals surface area contributed by atoms with Gasteiger partial charge in [0.2, 0.25) is 0 Å². The number of benzene rings is 2. The first kappa shape index (κ1) is 19.2. The van der Waals surface area contributed by atoms with Crippen molar-refractivity contribution < 1.29 is 14.3 Å². The molecule has 0 bridgehead atoms. The average Bonchev–Trinajstić information content (AvgIpc) is 2.64. The summed E-state index contributed by atoms with van der Waals surface area (Å²) in [5.41, 5.74) is 2.41. The van der Waals surface area contributed by atoms with Crippen LogP contribution >= 0.6 is 31.9 Å². The van der Waals surface area contributed by atoms with Crippen LogP contribution in [0.3, 0.4) is 0 Å². The lowest BCUT2D eigenvalue weighted by atomic mass is 10.2. The van der Waals surface area contributed by atoms with Crippen molar-refractivity contribution in [2.24, 2.45) is 0 Å². The number of carbonyl (C=O) groups is 1. The van der Waals surface area contributed by atoms with Crippen LogP contribution in [0.1, 0.15) is 17.3 Å². The van der Waals surface area contributed by atoms with Crippen molar-refractivity contribution in [3.8, 4) is 5.75 Å². The van der Waals surface area contributed by atoms with Crippen LogP contribution in [0.4, 0.5) is 11.4 Å². The first-order valence-corrected chi connectivity index (χ1v) is 10.0. The highest BCUT2D eigenvalue weighted by Gasteiger charge is 2.15. The summed E-state index contributed by atoms with van der Waals surface area (Å²) in [7, 11) is 0. The molecule has 0 saturated carbocycles. The van der Waals surface area contributed by atoms with Gasteiger partial charge in [0.05, 0.1) is 30.0 Å². The predicted molar refractivity (Wildman–Crippen MR) is 110 cm³/mol. The van der Waals surface area contributed by atoms with E-state index in [0.29, 0.717) is 12.2 Å². The van der Waals surface area contributed by atoms with Crippen LogP contribution in [0, 0.1) is 0 Å². The Balaban J connectivity index is 1.71. The van der Waals surface area contributed by atoms with E-state index in [-0.39, 0.29) is 5.91 Å². The average molecular weight is 484 g/mol. The van der Waals surface area contributed by atoms with E-state index in [2.05, 4.69) is 42.1 Å². The Kier molecular flexibility index (Phi) is 6.56. The van der Waals surface area contributed by atoms with Gasteiger partial charge in [-0.15, -0.1) is 0 Å². The summed E-state index contributed by atoms with van der Waals surface area (Å²) in [6, 6.07) is 11.2. The Labute approximate surface area is 169 Å². The molecule has 0 aromatic heterocycles. The third-order valence-electron chi connectivity index (χ3n) is 4.05. The predicted octanol–water partition coefficient (Wildman–Crippen LogP) is 4.70. The van der Waals surface area contributed by atoms with Gasteiger partial charge < -0.3 is 19.7 Å². The van der Waals surface area contributed by atoms with E-state index in [9.17, 15) is 4.79 Å². The molecule has 138 valence electrons. The maximum absolute atomic E-state index is 12.5. The van der Waals surface area contributed by atoms with E-state index in [0.717, 1.165) is 52.4 Å². The zero-order valence-corrected chi connectivity index (χ0v) is 17.6. The van der Waals surface area contributed by atoms with Crippen LogP contribution in [0.2, 0.25) is 0 Å². The Morgan fingerprint density at radius 2 is 1.92 bits per heavy atom. The molecule has 1 saturated heterocycles. The Bertz CT molecular complexity index is 792. The highest BCUT2D eigenvalue weighted by Crippen LogP contribution is 2.30. The molecule has 7 heteroatoms. The van der Waals surface area contributed by atoms with Crippen molar-refractivity contribution in [2.45, 2.75) is 6.92 Å². The molecule has 0 aliphatic carbocycles. The molecule has 0 unspecified atom stereocenters. The van der Waals surface area contributed by atoms with Crippen molar-refractivity contribution in [3.05, 3.63) is 50.9 Å². The number of nitrogens with zero attached hydrogens (tertiary/aromatic N) is 1. The zero-order valence-electron chi connectivity index (χ0n) is 14.4. The summed E-state index contributed by atoms with van der Waals surface area (Å²) >= 11 is 7.05. The van der Waals surface area contributed by atoms with Crippen molar-refractivity contribution in [2.75, 3.05) is 43.1 Å². The van der Waals surface area contributed by atoms with Crippen molar-refractivity contribution >= 4 is 49.1 Å². The van der Waals surface area contributed by atoms with Gasteiger partial charge in [-0.25, -0.2) is 0 Å². The Morgan fingerprint density at radius 1 is 1.15 bits per heavy atom. The third-order valence-corrected chi connectivity index (χ3v) is 5.31. The molecule has 3 rings (SSSR count). The van der Waals surface area contributed by atoms with Crippen molar-refractivity contribution in [3.63, 3.8) is 0 Å². The number of hydrogen-bond donors (Lipinski definition) is 1. The number of nitrogens with one attached hydrogen (secondary N) is 1. The normalized spacial score (nSPS) is 14.2. The molecule has 1 aliphatic heterocycles. The summed E-state index contributed by atoms with van der Waals surface area (Å²) in [5.74, 6) is 0.557. The minimum Gasteiger partial charge on any atom is -0.493 e. The lowest BCUT2D eigenvalue weighted by molar-refractivity contribution is 0.102. The van der Waals surface area contributed by atoms with Gasteiger partial charge in [-0.3, -0.25) is 4.79 Å². The van der Waals surface area contributed by atoms with Gasteiger partial charge in [0.25, 0.3) is 5.91 Å². The molecule has 1 heterocycles. The molecular weight excluding hydrogens is 464 g/mol. The third kappa shape index (κ3) is 4.58. The molecule has 0 radical (unpaired) electrons. The minimum atomic E-state index is -0.167. The van der Waals surface area contributed by atoms with Crippen molar-refractivity contribution in [1.82, 2.24) is 0 Å². The molecule has 2 aromatic carbocycles. The van der Waals surface area contributed by atoms with E-state index < -0.39 is 0 Å². The summed E-state index contributed by atoms with van der Waals surface area (Å²) in [4.78, 5) is 14.8. The molecule has 1 N–H and O–H groups in total. The van der Waals surface area contributed by atoms with Crippen LogP contribution < -0.4 is 15.0 Å². The number of halogens is 2. The lowest BCUT2D eigenvalue weighted by Gasteiger charge is -2.29. The molecule has 0 spiro atoms. The lowest BCUT2D eigenvalue weighted by Crippen LogP contribution is -2.36. The number of amides is 1. The highest BCUT2D eigenvalue weighted by atomic mass is 79.9. The molecule has 1 amide bonds. The fourth-order valence-electron chi connectivity index (χ4n) is 2.76. The molecule has 1 fully saturated rings. The number of morpholine rings is 1. The van der Waals surface area contributed by atoms with Crippen LogP contribution in [-0.2, 0) is 4.74 Å². The minimum absolute atomic E-state index is 0.167. The van der Waals surface area contributed by atoms with Gasteiger partial charge in [-0.1, -0.05) is 0 Å². The number of carbonyl (C=O) groups excluding carboxylic acids is 1. The first-order valence-electron chi connectivity index (χ1n) is 8.44. The second kappa shape index (κ2) is 8.88. The number of hydrogen-bond acceptors (Lipinski definition) is 4. The smallest absolute Gasteiger partial charge is 0.255 e. The SMILES string of the molecule is CCOc1ccc(C(=O)Nc2ccc(N3CCOCC3)c(Br)c2)cc1Br. The molecular formula is C19H20Br2N2O3. The van der Waals surface area contributed by atoms with Gasteiger partial charge >= 0.3 is 0 Å². The standard InChI is InChI=1S/C19H20Br2N2O3/c1-2-26-18-6-3-13(11-16(18)21)19(24)22-14-4-5-17(15(20)12-14)23-7-9-25-10-8-23/h3-6,11-12H,2,7-10H2,1H3,(H,22,24). The fraction of sp³-hybridized carbons (Fsp3) is 0.316. The first-order chi connectivity index (χ1) is 12.6. The molecule has 26 heavy (non-hydrogen) atoms. The summed E-state index contributed by atoms with van der Waals surface area (Å²) in [5, 5.41) is 2.93. The molecule has 2 aromatic rings. The van der Waals surface area contributed by atoms with Gasteiger partial charge in [0.15, 0.2) is 0 Å². The molecule has 5 nitrogen and oxygen atoms in total. The number of rotatable bonds is 5. The number of ether oxygens (including phenoxy) is 2. The van der Waals surface area contributed by atoms with Crippen LogP contribution in [0.15, 0.2) is 45.3 Å². The molecule has 1 aliphatic rings. The molecule has 0 atom stereocenters. The van der Waals surface area contributed by atoms with Crippen LogP contribution in [0.25, 0.3) is 0 Å². The van der Waals surface area contributed by atoms with Gasteiger partial charge in [0.1, 0.15) is 5.75 Å². The Morgan fingerprint density at radius 3 is 2.58 bits per heavy atom. The zero-order chi connectivity index (χ0) is 18.5.